The number of aryl methyl sites for hydroxylation is 1. The second kappa shape index (κ2) is 5.17. The Balaban J connectivity index is 2.00. The Morgan fingerprint density at radius 1 is 1.20 bits per heavy atom. The van der Waals surface area contributed by atoms with Crippen molar-refractivity contribution in [1.82, 2.24) is 19.8 Å². The summed E-state index contributed by atoms with van der Waals surface area (Å²) in [5.41, 5.74) is 8.57. The van der Waals surface area contributed by atoms with E-state index in [1.165, 1.54) is 11.5 Å². The minimum Gasteiger partial charge on any atom is -0.380 e. The van der Waals surface area contributed by atoms with Crippen molar-refractivity contribution in [1.29, 1.82) is 0 Å². The molecule has 3 N–H and O–H groups in total. The molecule has 100 valence electrons. The molecular formula is C12H11N7S. The first kappa shape index (κ1) is 12.4. The molecular weight excluding hydrogens is 274 g/mol. The lowest BCUT2D eigenvalue weighted by Crippen LogP contribution is -1.83. The first-order valence-corrected chi connectivity index (χ1v) is 6.63. The van der Waals surface area contributed by atoms with Crippen LogP contribution in [0.1, 0.15) is 5.69 Å². The third kappa shape index (κ3) is 2.28. The molecule has 0 amide bonds. The van der Waals surface area contributed by atoms with E-state index in [9.17, 15) is 0 Å². The smallest absolute Gasteiger partial charge is 0.173 e. The van der Waals surface area contributed by atoms with Crippen LogP contribution in [-0.2, 0) is 0 Å². The summed E-state index contributed by atoms with van der Waals surface area (Å²) in [5, 5.41) is 19.1. The van der Waals surface area contributed by atoms with Gasteiger partial charge in [-0.3, -0.25) is 5.10 Å². The number of aromatic amines is 1. The fourth-order valence-electron chi connectivity index (χ4n) is 1.67. The summed E-state index contributed by atoms with van der Waals surface area (Å²) in [6.07, 6.45) is 0. The quantitative estimate of drug-likeness (QED) is 0.720. The normalized spacial score (nSPS) is 11.2. The zero-order valence-corrected chi connectivity index (χ0v) is 11.4. The second-order valence-electron chi connectivity index (χ2n) is 4.06. The molecule has 0 aliphatic heterocycles. The molecule has 8 heteroatoms. The number of hydrogen-bond acceptors (Lipinski definition) is 7. The van der Waals surface area contributed by atoms with Gasteiger partial charge in [0, 0.05) is 0 Å². The summed E-state index contributed by atoms with van der Waals surface area (Å²) in [4.78, 5) is 0.858. The number of nitrogens with zero attached hydrogens (tertiary/aromatic N) is 5. The Hall–Kier alpha value is -2.61. The molecule has 0 unspecified atom stereocenters. The van der Waals surface area contributed by atoms with Gasteiger partial charge in [0.05, 0.1) is 16.3 Å². The van der Waals surface area contributed by atoms with Gasteiger partial charge in [-0.2, -0.15) is 10.2 Å². The Labute approximate surface area is 118 Å². The average molecular weight is 285 g/mol. The summed E-state index contributed by atoms with van der Waals surface area (Å²) < 4.78 is 3.90. The number of anilines is 1. The molecule has 0 fully saturated rings. The Morgan fingerprint density at radius 3 is 2.70 bits per heavy atom. The van der Waals surface area contributed by atoms with Crippen molar-refractivity contribution in [2.75, 3.05) is 5.73 Å². The van der Waals surface area contributed by atoms with Crippen LogP contribution in [0.4, 0.5) is 17.2 Å². The first-order valence-electron chi connectivity index (χ1n) is 5.85. The molecule has 0 spiro atoms. The second-order valence-corrected chi connectivity index (χ2v) is 4.81. The maximum absolute atomic E-state index is 5.83. The van der Waals surface area contributed by atoms with Crippen LogP contribution in [0.15, 0.2) is 40.6 Å². The van der Waals surface area contributed by atoms with Crippen molar-refractivity contribution in [2.45, 2.75) is 6.92 Å². The molecule has 1 aromatic carbocycles. The highest BCUT2D eigenvalue weighted by Gasteiger charge is 2.17. The van der Waals surface area contributed by atoms with Crippen LogP contribution >= 0.6 is 11.5 Å². The minimum absolute atomic E-state index is 0.299. The van der Waals surface area contributed by atoms with Gasteiger partial charge in [-0.15, -0.1) is 10.2 Å². The number of nitrogen functional groups attached to an aromatic ring is 1. The Bertz CT molecular complexity index is 744. The fourth-order valence-corrected chi connectivity index (χ4v) is 2.32. The predicted molar refractivity (Wildman–Crippen MR) is 77.3 cm³/mol. The highest BCUT2D eigenvalue weighted by molar-refractivity contribution is 7.09. The SMILES string of the molecule is Cc1nnsc1-c1[nH]nc(N)c1N=Nc1ccccc1. The number of azo groups is 1. The highest BCUT2D eigenvalue weighted by atomic mass is 32.1. The van der Waals surface area contributed by atoms with Gasteiger partial charge in [-0.1, -0.05) is 22.7 Å². The van der Waals surface area contributed by atoms with Gasteiger partial charge < -0.3 is 5.73 Å². The summed E-state index contributed by atoms with van der Waals surface area (Å²) in [7, 11) is 0. The highest BCUT2D eigenvalue weighted by Crippen LogP contribution is 2.36. The molecule has 3 aromatic rings. The summed E-state index contributed by atoms with van der Waals surface area (Å²) in [5.74, 6) is 0.299. The van der Waals surface area contributed by atoms with Crippen LogP contribution in [0, 0.1) is 6.92 Å². The Kier molecular flexibility index (Phi) is 3.21. The number of benzene rings is 1. The van der Waals surface area contributed by atoms with Gasteiger partial charge in [0.25, 0.3) is 0 Å². The average Bonchev–Trinajstić information content (AvgIpc) is 3.04. The molecule has 0 saturated heterocycles. The fraction of sp³-hybridized carbons (Fsp3) is 0.0833. The molecule has 7 nitrogen and oxygen atoms in total. The zero-order chi connectivity index (χ0) is 13.9. The standard InChI is InChI=1S/C12H11N7S/c1-7-11(20-19-14-7)9-10(12(13)18-16-9)17-15-8-5-3-2-4-6-8/h2-6H,1H3,(H3,13,16,18). The molecule has 0 saturated carbocycles. The maximum atomic E-state index is 5.83. The number of H-pyrrole nitrogens is 1. The number of nitrogens with one attached hydrogen (secondary N) is 1. The van der Waals surface area contributed by atoms with Crippen molar-refractivity contribution in [3.8, 4) is 10.6 Å². The molecule has 2 aromatic heterocycles. The van der Waals surface area contributed by atoms with Gasteiger partial charge in [-0.25, -0.2) is 0 Å². The molecule has 0 atom stereocenters. The Morgan fingerprint density at radius 2 is 2.00 bits per heavy atom. The lowest BCUT2D eigenvalue weighted by Gasteiger charge is -1.95. The largest absolute Gasteiger partial charge is 0.380 e. The lowest BCUT2D eigenvalue weighted by atomic mass is 10.2. The minimum atomic E-state index is 0.299. The van der Waals surface area contributed by atoms with E-state index in [0.29, 0.717) is 17.2 Å². The van der Waals surface area contributed by atoms with Gasteiger partial charge in [-0.05, 0) is 30.6 Å². The monoisotopic (exact) mass is 285 g/mol. The summed E-state index contributed by atoms with van der Waals surface area (Å²) in [6, 6.07) is 9.43. The van der Waals surface area contributed by atoms with Gasteiger partial charge in [0.15, 0.2) is 11.5 Å². The predicted octanol–water partition coefficient (Wildman–Crippen LogP) is 3.23. The summed E-state index contributed by atoms with van der Waals surface area (Å²) >= 11 is 1.26. The van der Waals surface area contributed by atoms with E-state index in [1.807, 2.05) is 37.3 Å². The van der Waals surface area contributed by atoms with E-state index in [1.54, 1.807) is 0 Å². The van der Waals surface area contributed by atoms with Crippen LogP contribution in [0.3, 0.4) is 0 Å². The van der Waals surface area contributed by atoms with E-state index in [2.05, 4.69) is 30.0 Å². The van der Waals surface area contributed by atoms with Crippen molar-refractivity contribution in [2.24, 2.45) is 10.2 Å². The van der Waals surface area contributed by atoms with Crippen LogP contribution in [0.25, 0.3) is 10.6 Å². The van der Waals surface area contributed by atoms with E-state index in [4.69, 9.17) is 5.73 Å². The van der Waals surface area contributed by atoms with Gasteiger partial charge in [0.1, 0.15) is 5.69 Å². The molecule has 0 aliphatic carbocycles. The van der Waals surface area contributed by atoms with Crippen LogP contribution in [-0.4, -0.2) is 19.8 Å². The van der Waals surface area contributed by atoms with E-state index in [-0.39, 0.29) is 0 Å². The molecule has 0 radical (unpaired) electrons. The molecule has 0 bridgehead atoms. The van der Waals surface area contributed by atoms with Crippen LogP contribution in [0.5, 0.6) is 0 Å². The maximum Gasteiger partial charge on any atom is 0.173 e. The molecule has 0 aliphatic rings. The van der Waals surface area contributed by atoms with E-state index in [0.717, 1.165) is 16.3 Å². The summed E-state index contributed by atoms with van der Waals surface area (Å²) in [6.45, 7) is 1.87. The van der Waals surface area contributed by atoms with Crippen molar-refractivity contribution in [3.63, 3.8) is 0 Å². The molecule has 20 heavy (non-hydrogen) atoms. The number of rotatable bonds is 3. The third-order valence-electron chi connectivity index (χ3n) is 2.67. The lowest BCUT2D eigenvalue weighted by molar-refractivity contribution is 1.08. The zero-order valence-electron chi connectivity index (χ0n) is 10.6. The van der Waals surface area contributed by atoms with Crippen molar-refractivity contribution < 1.29 is 0 Å². The van der Waals surface area contributed by atoms with Crippen molar-refractivity contribution >= 4 is 28.7 Å². The number of nitrogens with two attached hydrogens (primary N) is 1. The third-order valence-corrected chi connectivity index (χ3v) is 3.51. The van der Waals surface area contributed by atoms with Gasteiger partial charge >= 0.3 is 0 Å². The van der Waals surface area contributed by atoms with E-state index >= 15 is 0 Å². The molecule has 3 rings (SSSR count). The molecule has 2 heterocycles. The first-order chi connectivity index (χ1) is 9.75. The van der Waals surface area contributed by atoms with Crippen LogP contribution in [0.2, 0.25) is 0 Å². The van der Waals surface area contributed by atoms with Crippen LogP contribution < -0.4 is 5.73 Å². The number of aromatic nitrogens is 4. The topological polar surface area (TPSA) is 105 Å². The number of hydrogen-bond donors (Lipinski definition) is 2. The van der Waals surface area contributed by atoms with Crippen molar-refractivity contribution in [3.05, 3.63) is 36.0 Å². The van der Waals surface area contributed by atoms with E-state index < -0.39 is 0 Å². The van der Waals surface area contributed by atoms with Gasteiger partial charge in [0.2, 0.25) is 0 Å².